The fraction of sp³-hybridized carbons (Fsp3) is 0.550. The minimum Gasteiger partial charge on any atom is -0.444 e. The van der Waals surface area contributed by atoms with Crippen molar-refractivity contribution in [3.05, 3.63) is 68.4 Å². The van der Waals surface area contributed by atoms with E-state index in [1.54, 1.807) is 12.4 Å². The average molecular weight is 847 g/mol. The van der Waals surface area contributed by atoms with Crippen LogP contribution < -0.4 is 26.2 Å². The van der Waals surface area contributed by atoms with E-state index in [4.69, 9.17) is 25.2 Å². The highest BCUT2D eigenvalue weighted by Crippen LogP contribution is 2.24. The van der Waals surface area contributed by atoms with Crippen LogP contribution >= 0.6 is 23.1 Å². The summed E-state index contributed by atoms with van der Waals surface area (Å²) in [5.74, 6) is 0.774. The summed E-state index contributed by atoms with van der Waals surface area (Å²) >= 11 is 2.79. The average Bonchev–Trinajstić information content (AvgIpc) is 3.76. The number of primary amides is 1. The normalized spacial score (nSPS) is 16.9. The van der Waals surface area contributed by atoms with E-state index in [9.17, 15) is 19.6 Å². The van der Waals surface area contributed by atoms with Crippen LogP contribution in [0.3, 0.4) is 0 Å². The number of carbonyl (C=O) groups excluding carboxylic acids is 3. The van der Waals surface area contributed by atoms with Gasteiger partial charge in [-0.1, -0.05) is 0 Å². The van der Waals surface area contributed by atoms with Crippen LogP contribution in [0.1, 0.15) is 116 Å². The van der Waals surface area contributed by atoms with Gasteiger partial charge in [0.05, 0.1) is 35.2 Å². The van der Waals surface area contributed by atoms with Gasteiger partial charge in [0.2, 0.25) is 0 Å². The molecule has 6 rings (SSSR count). The molecule has 0 spiro atoms. The van der Waals surface area contributed by atoms with E-state index in [2.05, 4.69) is 45.2 Å². The molecule has 6 heterocycles. The molecule has 2 unspecified atom stereocenters. The fourth-order valence-corrected chi connectivity index (χ4v) is 8.05. The monoisotopic (exact) mass is 846 g/mol. The van der Waals surface area contributed by atoms with Crippen LogP contribution in [0.2, 0.25) is 0 Å². The van der Waals surface area contributed by atoms with E-state index in [1.807, 2.05) is 67.5 Å². The quantitative estimate of drug-likeness (QED) is 0.186. The van der Waals surface area contributed by atoms with Crippen LogP contribution in [0.25, 0.3) is 0 Å². The van der Waals surface area contributed by atoms with Crippen molar-refractivity contribution in [3.8, 4) is 6.07 Å². The number of alkyl carbamates (subject to hydrolysis) is 2. The number of hydrogen-bond donors (Lipinski definition) is 3. The van der Waals surface area contributed by atoms with Crippen molar-refractivity contribution in [3.63, 3.8) is 0 Å². The SMILES string of the molecule is Cc1cc(Cc2nc(N3CCCC(NC(=O)OC(C)(C)C)C3)cnc2C#N)sn1.Cc1cc(Cc2nc(N3CCCC(NC(=O)OC(C)(C)C)C3)cnc2C(N)=O)sn1. The molecule has 0 aliphatic carbocycles. The third-order valence-corrected chi connectivity index (χ3v) is 10.7. The van der Waals surface area contributed by atoms with Crippen molar-refractivity contribution < 1.29 is 23.9 Å². The molecular weight excluding hydrogens is 793 g/mol. The molecule has 4 aromatic heterocycles. The van der Waals surface area contributed by atoms with Gasteiger partial charge < -0.3 is 35.6 Å². The lowest BCUT2D eigenvalue weighted by Gasteiger charge is -2.34. The molecule has 0 saturated carbocycles. The lowest BCUT2D eigenvalue weighted by atomic mass is 10.1. The van der Waals surface area contributed by atoms with E-state index in [1.165, 1.54) is 23.1 Å². The van der Waals surface area contributed by atoms with E-state index in [-0.39, 0.29) is 17.8 Å². The number of rotatable bonds is 9. The van der Waals surface area contributed by atoms with Crippen molar-refractivity contribution >= 4 is 52.8 Å². The van der Waals surface area contributed by atoms with Crippen molar-refractivity contribution in [2.75, 3.05) is 36.0 Å². The summed E-state index contributed by atoms with van der Waals surface area (Å²) in [4.78, 5) is 60.2. The Kier molecular flexibility index (Phi) is 14.8. The molecule has 0 aromatic carbocycles. The lowest BCUT2D eigenvalue weighted by Crippen LogP contribution is -2.49. The zero-order chi connectivity index (χ0) is 42.9. The number of nitriles is 1. The summed E-state index contributed by atoms with van der Waals surface area (Å²) in [5.41, 5.74) is 8.00. The third-order valence-electron chi connectivity index (χ3n) is 8.97. The Balaban J connectivity index is 0.000000224. The van der Waals surface area contributed by atoms with Gasteiger partial charge in [0.15, 0.2) is 5.69 Å². The summed E-state index contributed by atoms with van der Waals surface area (Å²) in [6.07, 6.45) is 6.90. The van der Waals surface area contributed by atoms with Crippen LogP contribution in [-0.4, -0.2) is 96.2 Å². The van der Waals surface area contributed by atoms with Crippen LogP contribution in [0, 0.1) is 25.2 Å². The summed E-state index contributed by atoms with van der Waals surface area (Å²) in [5, 5.41) is 15.3. The molecule has 59 heavy (non-hydrogen) atoms. The van der Waals surface area contributed by atoms with Crippen molar-refractivity contribution in [2.24, 2.45) is 5.73 Å². The number of nitrogens with one attached hydrogen (secondary N) is 2. The van der Waals surface area contributed by atoms with Gasteiger partial charge in [-0.3, -0.25) is 4.79 Å². The maximum absolute atomic E-state index is 12.1. The maximum Gasteiger partial charge on any atom is 0.407 e. The van der Waals surface area contributed by atoms with E-state index >= 15 is 0 Å². The van der Waals surface area contributed by atoms with Gasteiger partial charge in [0, 0.05) is 60.9 Å². The first kappa shape index (κ1) is 44.6. The summed E-state index contributed by atoms with van der Waals surface area (Å²) in [6, 6.07) is 6.01. The Morgan fingerprint density at radius 1 is 0.797 bits per heavy atom. The number of carbonyl (C=O) groups is 3. The fourth-order valence-electron chi connectivity index (χ4n) is 6.57. The number of amides is 3. The smallest absolute Gasteiger partial charge is 0.407 e. The highest BCUT2D eigenvalue weighted by molar-refractivity contribution is 7.06. The number of hydrogen-bond acceptors (Lipinski definition) is 16. The maximum atomic E-state index is 12.1. The minimum absolute atomic E-state index is 0.0244. The van der Waals surface area contributed by atoms with Crippen LogP contribution in [-0.2, 0) is 22.3 Å². The van der Waals surface area contributed by atoms with Gasteiger partial charge in [0.25, 0.3) is 5.91 Å². The van der Waals surface area contributed by atoms with Crippen LogP contribution in [0.15, 0.2) is 24.5 Å². The molecule has 0 bridgehead atoms. The van der Waals surface area contributed by atoms with Gasteiger partial charge in [-0.2, -0.15) is 14.0 Å². The molecule has 2 aliphatic rings. The minimum atomic E-state index is -0.603. The number of aromatic nitrogens is 6. The Labute approximate surface area is 353 Å². The second kappa shape index (κ2) is 19.5. The molecular formula is C40H54N12O5S2. The highest BCUT2D eigenvalue weighted by Gasteiger charge is 2.28. The predicted molar refractivity (Wildman–Crippen MR) is 226 cm³/mol. The van der Waals surface area contributed by atoms with E-state index < -0.39 is 29.3 Å². The van der Waals surface area contributed by atoms with Gasteiger partial charge in [0.1, 0.15) is 34.6 Å². The molecule has 0 radical (unpaired) electrons. The largest absolute Gasteiger partial charge is 0.444 e. The van der Waals surface area contributed by atoms with Gasteiger partial charge in [-0.25, -0.2) is 29.5 Å². The Bertz CT molecular complexity index is 2140. The number of ether oxygens (including phenoxy) is 2. The van der Waals surface area contributed by atoms with Gasteiger partial charge in [-0.15, -0.1) is 0 Å². The molecule has 2 saturated heterocycles. The molecule has 4 N–H and O–H groups in total. The number of anilines is 2. The third kappa shape index (κ3) is 13.8. The lowest BCUT2D eigenvalue weighted by molar-refractivity contribution is 0.0488. The molecule has 19 heteroatoms. The predicted octanol–water partition coefficient (Wildman–Crippen LogP) is 5.62. The molecule has 2 atom stereocenters. The molecule has 2 aliphatic heterocycles. The zero-order valence-corrected chi connectivity index (χ0v) is 36.6. The molecule has 3 amide bonds. The summed E-state index contributed by atoms with van der Waals surface area (Å²) < 4.78 is 19.3. The molecule has 316 valence electrons. The first-order valence-electron chi connectivity index (χ1n) is 19.6. The number of piperidine rings is 2. The van der Waals surface area contributed by atoms with Crippen LogP contribution in [0.4, 0.5) is 21.2 Å². The molecule has 4 aromatic rings. The van der Waals surface area contributed by atoms with Crippen molar-refractivity contribution in [2.45, 2.75) is 117 Å². The summed E-state index contributed by atoms with van der Waals surface area (Å²) in [7, 11) is 0. The standard InChI is InChI=1S/C20H28N6O3S.C20H26N6O2S/c1-12-8-14(30-25-12)9-15-17(18(21)27)22-10-16(24-15)26-7-5-6-13(11-26)23-19(28)29-20(2,3)4;1-13-8-15(29-25-13)9-16-17(10-21)22-11-18(24-16)26-7-5-6-14(12-26)23-19(27)28-20(2,3)4/h8,10,13H,5-7,9,11H2,1-4H3,(H2,21,27)(H,23,28);8,11,14H,5-7,9,12H2,1-4H3,(H,23,27). The number of aryl methyl sites for hydroxylation is 2. The Morgan fingerprint density at radius 3 is 1.68 bits per heavy atom. The van der Waals surface area contributed by atoms with E-state index in [0.717, 1.165) is 65.7 Å². The van der Waals surface area contributed by atoms with Gasteiger partial charge >= 0.3 is 12.2 Å². The highest BCUT2D eigenvalue weighted by atomic mass is 32.1. The number of nitrogens with two attached hydrogens (primary N) is 1. The first-order chi connectivity index (χ1) is 27.8. The number of nitrogens with zero attached hydrogens (tertiary/aromatic N) is 9. The molecule has 2 fully saturated rings. The topological polar surface area (TPSA) is 227 Å². The zero-order valence-electron chi connectivity index (χ0n) is 35.0. The first-order valence-corrected chi connectivity index (χ1v) is 21.1. The van der Waals surface area contributed by atoms with Crippen LogP contribution in [0.5, 0.6) is 0 Å². The Morgan fingerprint density at radius 2 is 1.25 bits per heavy atom. The Hall–Kier alpha value is -5.48. The second-order valence-electron chi connectivity index (χ2n) is 16.6. The van der Waals surface area contributed by atoms with Gasteiger partial charge in [-0.05, 0) is 116 Å². The van der Waals surface area contributed by atoms with Crippen molar-refractivity contribution in [1.82, 2.24) is 39.3 Å². The summed E-state index contributed by atoms with van der Waals surface area (Å²) in [6.45, 7) is 17.7. The molecule has 17 nitrogen and oxygen atoms in total. The van der Waals surface area contributed by atoms with Crippen molar-refractivity contribution in [1.29, 1.82) is 5.26 Å². The van der Waals surface area contributed by atoms with E-state index in [0.29, 0.717) is 48.8 Å². The second-order valence-corrected chi connectivity index (χ2v) is 18.4.